The number of rotatable bonds is 4. The highest BCUT2D eigenvalue weighted by Crippen LogP contribution is 2.13. The first-order valence-electron chi connectivity index (χ1n) is 4.80. The molecule has 0 N–H and O–H groups in total. The summed E-state index contributed by atoms with van der Waals surface area (Å²) >= 11 is 0. The van der Waals surface area contributed by atoms with Crippen LogP contribution < -0.4 is 0 Å². The van der Waals surface area contributed by atoms with E-state index >= 15 is 0 Å². The SMILES string of the molecule is C#CCS(=O)(=O)c1ccc(C(=O)CC)cc1. The quantitative estimate of drug-likeness (QED) is 0.590. The average molecular weight is 236 g/mol. The molecule has 0 aliphatic carbocycles. The second-order valence-electron chi connectivity index (χ2n) is 3.26. The van der Waals surface area contributed by atoms with E-state index in [-0.39, 0.29) is 16.4 Å². The third-order valence-electron chi connectivity index (χ3n) is 2.13. The van der Waals surface area contributed by atoms with Gasteiger partial charge in [-0.15, -0.1) is 6.42 Å². The Bertz CT molecular complexity index is 518. The molecule has 0 saturated heterocycles. The predicted molar refractivity (Wildman–Crippen MR) is 61.9 cm³/mol. The van der Waals surface area contributed by atoms with Gasteiger partial charge in [0.05, 0.1) is 4.90 Å². The van der Waals surface area contributed by atoms with Gasteiger partial charge in [0.25, 0.3) is 0 Å². The van der Waals surface area contributed by atoms with Crippen molar-refractivity contribution in [3.8, 4) is 12.3 Å². The number of benzene rings is 1. The van der Waals surface area contributed by atoms with Crippen LogP contribution >= 0.6 is 0 Å². The monoisotopic (exact) mass is 236 g/mol. The number of hydrogen-bond acceptors (Lipinski definition) is 3. The molecular weight excluding hydrogens is 224 g/mol. The van der Waals surface area contributed by atoms with Crippen molar-refractivity contribution in [3.05, 3.63) is 29.8 Å². The van der Waals surface area contributed by atoms with Crippen molar-refractivity contribution in [2.75, 3.05) is 5.75 Å². The molecule has 0 bridgehead atoms. The maximum Gasteiger partial charge on any atom is 0.189 e. The lowest BCUT2D eigenvalue weighted by Crippen LogP contribution is -2.05. The van der Waals surface area contributed by atoms with Gasteiger partial charge >= 0.3 is 0 Å². The molecule has 16 heavy (non-hydrogen) atoms. The minimum Gasteiger partial charge on any atom is -0.294 e. The molecule has 84 valence electrons. The van der Waals surface area contributed by atoms with E-state index in [0.29, 0.717) is 12.0 Å². The molecule has 0 spiro atoms. The summed E-state index contributed by atoms with van der Waals surface area (Å²) in [6.07, 6.45) is 5.37. The van der Waals surface area contributed by atoms with Gasteiger partial charge in [-0.2, -0.15) is 0 Å². The van der Waals surface area contributed by atoms with Gasteiger partial charge in [-0.3, -0.25) is 4.79 Å². The van der Waals surface area contributed by atoms with E-state index in [1.807, 2.05) is 0 Å². The number of carbonyl (C=O) groups excluding carboxylic acids is 1. The fourth-order valence-electron chi connectivity index (χ4n) is 1.25. The normalized spacial score (nSPS) is 10.8. The second-order valence-corrected chi connectivity index (χ2v) is 5.25. The van der Waals surface area contributed by atoms with Gasteiger partial charge in [-0.05, 0) is 12.1 Å². The number of sulfone groups is 1. The Morgan fingerprint density at radius 2 is 1.88 bits per heavy atom. The zero-order valence-electron chi connectivity index (χ0n) is 8.93. The fraction of sp³-hybridized carbons (Fsp3) is 0.250. The van der Waals surface area contributed by atoms with Crippen LogP contribution in [-0.4, -0.2) is 20.0 Å². The summed E-state index contributed by atoms with van der Waals surface area (Å²) in [5.41, 5.74) is 0.516. The van der Waals surface area contributed by atoms with E-state index in [0.717, 1.165) is 0 Å². The Kier molecular flexibility index (Phi) is 3.86. The van der Waals surface area contributed by atoms with Crippen molar-refractivity contribution in [1.82, 2.24) is 0 Å². The number of carbonyl (C=O) groups is 1. The molecule has 0 fully saturated rings. The summed E-state index contributed by atoms with van der Waals surface area (Å²) in [6.45, 7) is 1.76. The lowest BCUT2D eigenvalue weighted by atomic mass is 10.1. The number of hydrogen-bond donors (Lipinski definition) is 0. The molecule has 0 heterocycles. The van der Waals surface area contributed by atoms with Gasteiger partial charge in [-0.1, -0.05) is 25.0 Å². The van der Waals surface area contributed by atoms with Crippen molar-refractivity contribution >= 4 is 15.6 Å². The summed E-state index contributed by atoms with van der Waals surface area (Å²) in [6, 6.07) is 5.84. The second kappa shape index (κ2) is 4.95. The van der Waals surface area contributed by atoms with Gasteiger partial charge < -0.3 is 0 Å². The van der Waals surface area contributed by atoms with E-state index in [1.54, 1.807) is 6.92 Å². The van der Waals surface area contributed by atoms with Crippen LogP contribution in [0.2, 0.25) is 0 Å². The van der Waals surface area contributed by atoms with Crippen LogP contribution in [0, 0.1) is 12.3 Å². The highest BCUT2D eigenvalue weighted by Gasteiger charge is 2.13. The minimum absolute atomic E-state index is 0.0131. The zero-order valence-corrected chi connectivity index (χ0v) is 9.75. The maximum atomic E-state index is 11.6. The van der Waals surface area contributed by atoms with E-state index in [1.165, 1.54) is 24.3 Å². The maximum absolute atomic E-state index is 11.6. The molecule has 3 nitrogen and oxygen atoms in total. The molecule has 1 aromatic rings. The molecule has 0 unspecified atom stereocenters. The first kappa shape index (κ1) is 12.5. The average Bonchev–Trinajstić information content (AvgIpc) is 2.28. The number of Topliss-reactive ketones (excluding diaryl/α,β-unsaturated/α-hetero) is 1. The molecule has 0 aliphatic rings. The largest absolute Gasteiger partial charge is 0.294 e. The first-order chi connectivity index (χ1) is 7.51. The lowest BCUT2D eigenvalue weighted by Gasteiger charge is -2.02. The Balaban J connectivity index is 3.05. The van der Waals surface area contributed by atoms with Gasteiger partial charge in [0.15, 0.2) is 15.6 Å². The van der Waals surface area contributed by atoms with Crippen LogP contribution in [0.1, 0.15) is 23.7 Å². The molecule has 0 atom stereocenters. The van der Waals surface area contributed by atoms with Crippen molar-refractivity contribution < 1.29 is 13.2 Å². The third kappa shape index (κ3) is 2.71. The fourth-order valence-corrected chi connectivity index (χ4v) is 2.18. The summed E-state index contributed by atoms with van der Waals surface area (Å²) in [5, 5.41) is 0. The standard InChI is InChI=1S/C12H12O3S/c1-3-9-16(14,15)11-7-5-10(6-8-11)12(13)4-2/h1,5-8H,4,9H2,2H3. The Morgan fingerprint density at radius 1 is 1.31 bits per heavy atom. The molecule has 1 rings (SSSR count). The molecule has 0 aromatic heterocycles. The lowest BCUT2D eigenvalue weighted by molar-refractivity contribution is 0.0988. The minimum atomic E-state index is -3.41. The van der Waals surface area contributed by atoms with Crippen LogP contribution in [0.25, 0.3) is 0 Å². The zero-order chi connectivity index (χ0) is 12.2. The summed E-state index contributed by atoms with van der Waals surface area (Å²) < 4.78 is 23.1. The van der Waals surface area contributed by atoms with E-state index < -0.39 is 9.84 Å². The van der Waals surface area contributed by atoms with E-state index in [2.05, 4.69) is 5.92 Å². The third-order valence-corrected chi connectivity index (χ3v) is 3.67. The molecule has 0 radical (unpaired) electrons. The van der Waals surface area contributed by atoms with Crippen molar-refractivity contribution in [3.63, 3.8) is 0 Å². The Morgan fingerprint density at radius 3 is 2.31 bits per heavy atom. The van der Waals surface area contributed by atoms with Crippen LogP contribution in [0.4, 0.5) is 0 Å². The molecule has 0 amide bonds. The summed E-state index contributed by atoms with van der Waals surface area (Å²) in [4.78, 5) is 11.5. The first-order valence-corrected chi connectivity index (χ1v) is 6.46. The van der Waals surface area contributed by atoms with Crippen molar-refractivity contribution in [2.45, 2.75) is 18.2 Å². The van der Waals surface area contributed by atoms with Gasteiger partial charge in [0, 0.05) is 12.0 Å². The Hall–Kier alpha value is -1.60. The summed E-state index contributed by atoms with van der Waals surface area (Å²) in [5.74, 6) is 1.76. The van der Waals surface area contributed by atoms with Crippen LogP contribution in [0.3, 0.4) is 0 Å². The van der Waals surface area contributed by atoms with Crippen LogP contribution in [0.15, 0.2) is 29.2 Å². The molecule has 0 aliphatic heterocycles. The molecule has 4 heteroatoms. The smallest absolute Gasteiger partial charge is 0.189 e. The summed E-state index contributed by atoms with van der Waals surface area (Å²) in [7, 11) is -3.41. The molecule has 0 saturated carbocycles. The number of ketones is 1. The van der Waals surface area contributed by atoms with E-state index in [4.69, 9.17) is 6.42 Å². The van der Waals surface area contributed by atoms with Gasteiger partial charge in [0.2, 0.25) is 0 Å². The number of terminal acetylenes is 1. The highest BCUT2D eigenvalue weighted by molar-refractivity contribution is 7.91. The topological polar surface area (TPSA) is 51.2 Å². The van der Waals surface area contributed by atoms with Crippen LogP contribution in [-0.2, 0) is 9.84 Å². The van der Waals surface area contributed by atoms with Crippen molar-refractivity contribution in [1.29, 1.82) is 0 Å². The van der Waals surface area contributed by atoms with Crippen LogP contribution in [0.5, 0.6) is 0 Å². The van der Waals surface area contributed by atoms with E-state index in [9.17, 15) is 13.2 Å². The molecule has 1 aromatic carbocycles. The highest BCUT2D eigenvalue weighted by atomic mass is 32.2. The Labute approximate surface area is 95.4 Å². The van der Waals surface area contributed by atoms with Gasteiger partial charge in [0.1, 0.15) is 5.75 Å². The van der Waals surface area contributed by atoms with Crippen molar-refractivity contribution in [2.24, 2.45) is 0 Å². The molecular formula is C12H12O3S. The van der Waals surface area contributed by atoms with Gasteiger partial charge in [-0.25, -0.2) is 8.42 Å². The predicted octanol–water partition coefficient (Wildman–Crippen LogP) is 1.69.